The molecule has 0 N–H and O–H groups in total. The highest BCUT2D eigenvalue weighted by Crippen LogP contribution is 2.29. The summed E-state index contributed by atoms with van der Waals surface area (Å²) in [6, 6.07) is 1.99. The molecule has 2 nitrogen and oxygen atoms in total. The molecule has 13 heavy (non-hydrogen) atoms. The van der Waals surface area contributed by atoms with Crippen LogP contribution in [-0.2, 0) is 0 Å². The van der Waals surface area contributed by atoms with E-state index in [1.165, 1.54) is 0 Å². The van der Waals surface area contributed by atoms with Crippen molar-refractivity contribution in [2.24, 2.45) is 0 Å². The van der Waals surface area contributed by atoms with E-state index < -0.39 is 0 Å². The number of aromatic nitrogens is 2. The molecule has 0 aliphatic carbocycles. The van der Waals surface area contributed by atoms with Crippen LogP contribution in [0.3, 0.4) is 0 Å². The number of thioether (sulfide) groups is 1. The highest BCUT2D eigenvalue weighted by atomic mass is 32.2. The second-order valence-corrected chi connectivity index (χ2v) is 5.94. The molecule has 0 radical (unpaired) electrons. The van der Waals surface area contributed by atoms with E-state index >= 15 is 0 Å². The number of aryl methyl sites for hydroxylation is 2. The lowest BCUT2D eigenvalue weighted by Gasteiger charge is -2.16. The Bertz CT molecular complexity index is 282. The van der Waals surface area contributed by atoms with Gasteiger partial charge in [0.1, 0.15) is 0 Å². The van der Waals surface area contributed by atoms with E-state index in [-0.39, 0.29) is 4.75 Å². The zero-order chi connectivity index (χ0) is 10.1. The predicted molar refractivity (Wildman–Crippen MR) is 57.1 cm³/mol. The average molecular weight is 196 g/mol. The van der Waals surface area contributed by atoms with Crippen LogP contribution in [0, 0.1) is 13.8 Å². The van der Waals surface area contributed by atoms with Crippen LogP contribution in [0.15, 0.2) is 11.2 Å². The molecule has 0 saturated heterocycles. The van der Waals surface area contributed by atoms with Crippen LogP contribution in [0.5, 0.6) is 0 Å². The maximum Gasteiger partial charge on any atom is 0.188 e. The normalized spacial score (nSPS) is 11.8. The molecule has 0 aromatic carbocycles. The fraction of sp³-hybridized carbons (Fsp3) is 0.600. The van der Waals surface area contributed by atoms with Crippen molar-refractivity contribution in [1.29, 1.82) is 0 Å². The molecule has 0 unspecified atom stereocenters. The van der Waals surface area contributed by atoms with Crippen molar-refractivity contribution in [1.82, 2.24) is 9.97 Å². The highest BCUT2D eigenvalue weighted by molar-refractivity contribution is 8.00. The zero-order valence-corrected chi connectivity index (χ0v) is 9.70. The van der Waals surface area contributed by atoms with Crippen molar-refractivity contribution >= 4 is 11.8 Å². The molecule has 0 saturated carbocycles. The van der Waals surface area contributed by atoms with Crippen molar-refractivity contribution in [2.75, 3.05) is 0 Å². The molecule has 0 aliphatic rings. The zero-order valence-electron chi connectivity index (χ0n) is 8.88. The second-order valence-electron chi connectivity index (χ2n) is 4.15. The van der Waals surface area contributed by atoms with Crippen LogP contribution < -0.4 is 0 Å². The second kappa shape index (κ2) is 3.66. The van der Waals surface area contributed by atoms with E-state index in [0.29, 0.717) is 0 Å². The molecule has 0 spiro atoms. The quantitative estimate of drug-likeness (QED) is 0.510. The summed E-state index contributed by atoms with van der Waals surface area (Å²) in [7, 11) is 0. The molecule has 0 bridgehead atoms. The Balaban J connectivity index is 2.90. The minimum atomic E-state index is 0.181. The Kier molecular flexibility index (Phi) is 2.96. The standard InChI is InChI=1S/C10H16N2S/c1-7-6-8(2)12-9(11-7)13-10(3,4)5/h6H,1-5H3. The smallest absolute Gasteiger partial charge is 0.188 e. The van der Waals surface area contributed by atoms with Gasteiger partial charge in [-0.1, -0.05) is 32.5 Å². The first-order chi connectivity index (χ1) is 5.87. The predicted octanol–water partition coefficient (Wildman–Crippen LogP) is 2.98. The van der Waals surface area contributed by atoms with Gasteiger partial charge >= 0.3 is 0 Å². The summed E-state index contributed by atoms with van der Waals surface area (Å²) in [4.78, 5) is 8.74. The van der Waals surface area contributed by atoms with Gasteiger partial charge < -0.3 is 0 Å². The number of nitrogens with zero attached hydrogens (tertiary/aromatic N) is 2. The molecular weight excluding hydrogens is 180 g/mol. The van der Waals surface area contributed by atoms with Crippen LogP contribution >= 0.6 is 11.8 Å². The molecule has 1 rings (SSSR count). The van der Waals surface area contributed by atoms with Crippen LogP contribution in [0.25, 0.3) is 0 Å². The maximum absolute atomic E-state index is 4.37. The monoisotopic (exact) mass is 196 g/mol. The Labute approximate surface area is 84.2 Å². The van der Waals surface area contributed by atoms with Gasteiger partial charge in [0.05, 0.1) is 0 Å². The fourth-order valence-corrected chi connectivity index (χ4v) is 1.94. The Morgan fingerprint density at radius 2 is 1.54 bits per heavy atom. The Morgan fingerprint density at radius 1 is 1.08 bits per heavy atom. The van der Waals surface area contributed by atoms with Crippen LogP contribution in [-0.4, -0.2) is 14.7 Å². The van der Waals surface area contributed by atoms with Gasteiger partial charge in [-0.15, -0.1) is 0 Å². The summed E-state index contributed by atoms with van der Waals surface area (Å²) in [5, 5.41) is 0.880. The molecule has 1 aromatic rings. The average Bonchev–Trinajstić information content (AvgIpc) is 1.78. The molecule has 0 atom stereocenters. The number of hydrogen-bond acceptors (Lipinski definition) is 3. The van der Waals surface area contributed by atoms with E-state index in [1.54, 1.807) is 11.8 Å². The highest BCUT2D eigenvalue weighted by Gasteiger charge is 2.14. The lowest BCUT2D eigenvalue weighted by molar-refractivity contribution is 0.787. The van der Waals surface area contributed by atoms with Crippen molar-refractivity contribution in [3.8, 4) is 0 Å². The summed E-state index contributed by atoms with van der Waals surface area (Å²) >= 11 is 1.71. The largest absolute Gasteiger partial charge is 0.228 e. The van der Waals surface area contributed by atoms with Crippen LogP contribution in [0.1, 0.15) is 32.2 Å². The summed E-state index contributed by atoms with van der Waals surface area (Å²) in [6.45, 7) is 10.5. The lowest BCUT2D eigenvalue weighted by Crippen LogP contribution is -2.08. The minimum absolute atomic E-state index is 0.181. The number of hydrogen-bond donors (Lipinski definition) is 0. The van der Waals surface area contributed by atoms with Crippen molar-refractivity contribution in [3.05, 3.63) is 17.5 Å². The first-order valence-corrected chi connectivity index (χ1v) is 5.20. The van der Waals surface area contributed by atoms with E-state index in [9.17, 15) is 0 Å². The maximum atomic E-state index is 4.37. The third-order valence-electron chi connectivity index (χ3n) is 1.36. The Hall–Kier alpha value is -0.570. The van der Waals surface area contributed by atoms with Gasteiger partial charge in [-0.3, -0.25) is 0 Å². The molecule has 0 fully saturated rings. The summed E-state index contributed by atoms with van der Waals surface area (Å²) in [6.07, 6.45) is 0. The Morgan fingerprint density at radius 3 is 1.92 bits per heavy atom. The van der Waals surface area contributed by atoms with Crippen molar-refractivity contribution in [2.45, 2.75) is 44.5 Å². The van der Waals surface area contributed by atoms with E-state index in [2.05, 4.69) is 30.7 Å². The summed E-state index contributed by atoms with van der Waals surface area (Å²) in [5.41, 5.74) is 2.08. The van der Waals surface area contributed by atoms with Gasteiger partial charge in [-0.05, 0) is 19.9 Å². The molecule has 0 amide bonds. The van der Waals surface area contributed by atoms with Gasteiger partial charge in [-0.25, -0.2) is 9.97 Å². The molecule has 1 heterocycles. The van der Waals surface area contributed by atoms with Crippen molar-refractivity contribution < 1.29 is 0 Å². The summed E-state index contributed by atoms with van der Waals surface area (Å²) in [5.74, 6) is 0. The summed E-state index contributed by atoms with van der Waals surface area (Å²) < 4.78 is 0.181. The molecule has 72 valence electrons. The van der Waals surface area contributed by atoms with Gasteiger partial charge in [0.15, 0.2) is 5.16 Å². The number of rotatable bonds is 1. The first kappa shape index (κ1) is 10.5. The van der Waals surface area contributed by atoms with Gasteiger partial charge in [0, 0.05) is 16.1 Å². The topological polar surface area (TPSA) is 25.8 Å². The first-order valence-electron chi connectivity index (χ1n) is 4.38. The van der Waals surface area contributed by atoms with E-state index in [1.807, 2.05) is 19.9 Å². The lowest BCUT2D eigenvalue weighted by atomic mass is 10.3. The third-order valence-corrected chi connectivity index (χ3v) is 2.34. The van der Waals surface area contributed by atoms with Crippen LogP contribution in [0.4, 0.5) is 0 Å². The third kappa shape index (κ3) is 3.77. The van der Waals surface area contributed by atoms with Gasteiger partial charge in [0.2, 0.25) is 0 Å². The molecule has 0 aliphatic heterocycles. The van der Waals surface area contributed by atoms with Crippen LogP contribution in [0.2, 0.25) is 0 Å². The molecule has 3 heteroatoms. The molecular formula is C10H16N2S. The van der Waals surface area contributed by atoms with Gasteiger partial charge in [0.25, 0.3) is 0 Å². The SMILES string of the molecule is Cc1cc(C)nc(SC(C)(C)C)n1. The minimum Gasteiger partial charge on any atom is -0.228 e. The van der Waals surface area contributed by atoms with Gasteiger partial charge in [-0.2, -0.15) is 0 Å². The van der Waals surface area contributed by atoms with E-state index in [0.717, 1.165) is 16.5 Å². The molecule has 1 aromatic heterocycles. The van der Waals surface area contributed by atoms with E-state index in [4.69, 9.17) is 0 Å². The fourth-order valence-electron chi connectivity index (χ4n) is 1.01. The van der Waals surface area contributed by atoms with Crippen molar-refractivity contribution in [3.63, 3.8) is 0 Å².